The van der Waals surface area contributed by atoms with E-state index in [0.717, 1.165) is 31.6 Å². The van der Waals surface area contributed by atoms with Gasteiger partial charge in [-0.05, 0) is 52.2 Å². The first-order valence-corrected chi connectivity index (χ1v) is 7.66. The SMILES string of the molecule is Cc1ccccc1NC[C@@H]1CCCN1C(=O)OC(C)(C)C. The molecule has 1 aliphatic heterocycles. The van der Waals surface area contributed by atoms with Gasteiger partial charge in [-0.3, -0.25) is 0 Å². The molecule has 1 atom stereocenters. The zero-order valence-corrected chi connectivity index (χ0v) is 13.5. The molecular weight excluding hydrogens is 264 g/mol. The fourth-order valence-electron chi connectivity index (χ4n) is 2.61. The fraction of sp³-hybridized carbons (Fsp3) is 0.588. The minimum atomic E-state index is -0.437. The number of rotatable bonds is 3. The smallest absolute Gasteiger partial charge is 0.410 e. The molecule has 1 aliphatic rings. The monoisotopic (exact) mass is 290 g/mol. The number of anilines is 1. The maximum Gasteiger partial charge on any atom is 0.410 e. The molecule has 21 heavy (non-hydrogen) atoms. The third kappa shape index (κ3) is 4.38. The summed E-state index contributed by atoms with van der Waals surface area (Å²) in [6.07, 6.45) is 1.87. The normalized spacial score (nSPS) is 18.7. The van der Waals surface area contributed by atoms with Crippen molar-refractivity contribution in [1.29, 1.82) is 0 Å². The Kier molecular flexibility index (Phi) is 4.76. The van der Waals surface area contributed by atoms with Gasteiger partial charge in [-0.1, -0.05) is 18.2 Å². The molecule has 1 N–H and O–H groups in total. The first-order chi connectivity index (χ1) is 9.87. The van der Waals surface area contributed by atoms with Gasteiger partial charge in [0.25, 0.3) is 0 Å². The molecular formula is C17H26N2O2. The van der Waals surface area contributed by atoms with Gasteiger partial charge in [-0.2, -0.15) is 0 Å². The minimum absolute atomic E-state index is 0.198. The van der Waals surface area contributed by atoms with E-state index in [0.29, 0.717) is 0 Å². The molecule has 0 spiro atoms. The minimum Gasteiger partial charge on any atom is -0.444 e. The van der Waals surface area contributed by atoms with Crippen molar-refractivity contribution in [2.45, 2.75) is 52.2 Å². The Bertz CT molecular complexity index is 494. The highest BCUT2D eigenvalue weighted by atomic mass is 16.6. The van der Waals surface area contributed by atoms with E-state index in [9.17, 15) is 4.79 Å². The largest absolute Gasteiger partial charge is 0.444 e. The highest BCUT2D eigenvalue weighted by Crippen LogP contribution is 2.22. The second-order valence-electron chi connectivity index (χ2n) is 6.67. The molecule has 0 saturated carbocycles. The molecule has 0 aromatic heterocycles. The summed E-state index contributed by atoms with van der Waals surface area (Å²) in [5.41, 5.74) is 1.92. The zero-order chi connectivity index (χ0) is 15.5. The lowest BCUT2D eigenvalue weighted by molar-refractivity contribution is 0.0235. The Balaban J connectivity index is 1.93. The van der Waals surface area contributed by atoms with Gasteiger partial charge in [0.2, 0.25) is 0 Å². The van der Waals surface area contributed by atoms with Gasteiger partial charge in [-0.25, -0.2) is 4.79 Å². The Morgan fingerprint density at radius 1 is 1.38 bits per heavy atom. The molecule has 1 amide bonds. The predicted molar refractivity (Wildman–Crippen MR) is 85.6 cm³/mol. The molecule has 1 aromatic rings. The van der Waals surface area contributed by atoms with Crippen molar-refractivity contribution >= 4 is 11.8 Å². The van der Waals surface area contributed by atoms with Crippen molar-refractivity contribution < 1.29 is 9.53 Å². The maximum absolute atomic E-state index is 12.2. The average molecular weight is 290 g/mol. The van der Waals surface area contributed by atoms with Gasteiger partial charge >= 0.3 is 6.09 Å². The number of nitrogens with one attached hydrogen (secondary N) is 1. The van der Waals surface area contributed by atoms with Crippen LogP contribution in [0, 0.1) is 6.92 Å². The third-order valence-corrected chi connectivity index (χ3v) is 3.68. The van der Waals surface area contributed by atoms with E-state index in [1.54, 1.807) is 0 Å². The standard InChI is InChI=1S/C17H26N2O2/c1-13-8-5-6-10-15(13)18-12-14-9-7-11-19(14)16(20)21-17(2,3)4/h5-6,8,10,14,18H,7,9,11-12H2,1-4H3/t14-/m0/s1. The van der Waals surface area contributed by atoms with E-state index < -0.39 is 5.60 Å². The van der Waals surface area contributed by atoms with E-state index in [2.05, 4.69) is 24.4 Å². The third-order valence-electron chi connectivity index (χ3n) is 3.68. The number of likely N-dealkylation sites (tertiary alicyclic amines) is 1. The highest BCUT2D eigenvalue weighted by Gasteiger charge is 2.31. The summed E-state index contributed by atoms with van der Waals surface area (Å²) >= 11 is 0. The van der Waals surface area contributed by atoms with Crippen molar-refractivity contribution in [1.82, 2.24) is 4.90 Å². The lowest BCUT2D eigenvalue weighted by Gasteiger charge is -2.29. The van der Waals surface area contributed by atoms with E-state index in [-0.39, 0.29) is 12.1 Å². The molecule has 4 nitrogen and oxygen atoms in total. The van der Waals surface area contributed by atoms with Crippen molar-refractivity contribution in [2.75, 3.05) is 18.4 Å². The number of amides is 1. The average Bonchev–Trinajstić information content (AvgIpc) is 2.84. The number of nitrogens with zero attached hydrogens (tertiary/aromatic N) is 1. The highest BCUT2D eigenvalue weighted by molar-refractivity contribution is 5.69. The van der Waals surface area contributed by atoms with Crippen LogP contribution in [0.3, 0.4) is 0 Å². The Hall–Kier alpha value is -1.71. The number of benzene rings is 1. The number of carbonyl (C=O) groups excluding carboxylic acids is 1. The van der Waals surface area contributed by atoms with E-state index >= 15 is 0 Å². The Morgan fingerprint density at radius 2 is 2.10 bits per heavy atom. The first-order valence-electron chi connectivity index (χ1n) is 7.66. The number of hydrogen-bond acceptors (Lipinski definition) is 3. The summed E-state index contributed by atoms with van der Waals surface area (Å²) in [5, 5.41) is 3.45. The van der Waals surface area contributed by atoms with Crippen LogP contribution < -0.4 is 5.32 Å². The Labute approximate surface area is 127 Å². The molecule has 1 heterocycles. The van der Waals surface area contributed by atoms with Crippen LogP contribution in [0.25, 0.3) is 0 Å². The maximum atomic E-state index is 12.2. The molecule has 116 valence electrons. The van der Waals surface area contributed by atoms with Crippen molar-refractivity contribution in [3.05, 3.63) is 29.8 Å². The molecule has 2 rings (SSSR count). The van der Waals surface area contributed by atoms with Crippen LogP contribution in [-0.2, 0) is 4.74 Å². The van der Waals surface area contributed by atoms with Gasteiger partial charge in [0.05, 0.1) is 6.04 Å². The zero-order valence-electron chi connectivity index (χ0n) is 13.5. The van der Waals surface area contributed by atoms with Crippen LogP contribution in [0.2, 0.25) is 0 Å². The predicted octanol–water partition coefficient (Wildman–Crippen LogP) is 3.81. The van der Waals surface area contributed by atoms with Gasteiger partial charge in [-0.15, -0.1) is 0 Å². The van der Waals surface area contributed by atoms with Gasteiger partial charge in [0, 0.05) is 18.8 Å². The quantitative estimate of drug-likeness (QED) is 0.920. The van der Waals surface area contributed by atoms with Crippen molar-refractivity contribution in [3.63, 3.8) is 0 Å². The molecule has 0 radical (unpaired) electrons. The lowest BCUT2D eigenvalue weighted by Crippen LogP contribution is -2.42. The number of ether oxygens (including phenoxy) is 1. The first kappa shape index (κ1) is 15.7. The molecule has 0 aliphatic carbocycles. The summed E-state index contributed by atoms with van der Waals surface area (Å²) in [6, 6.07) is 8.42. The van der Waals surface area contributed by atoms with E-state index in [4.69, 9.17) is 4.74 Å². The molecule has 4 heteroatoms. The molecule has 1 saturated heterocycles. The topological polar surface area (TPSA) is 41.6 Å². The van der Waals surface area contributed by atoms with Crippen LogP contribution in [0.15, 0.2) is 24.3 Å². The van der Waals surface area contributed by atoms with Crippen molar-refractivity contribution in [3.8, 4) is 0 Å². The van der Waals surface area contributed by atoms with Crippen molar-refractivity contribution in [2.24, 2.45) is 0 Å². The molecule has 1 fully saturated rings. The van der Waals surface area contributed by atoms with Gasteiger partial charge in [0.15, 0.2) is 0 Å². The molecule has 0 bridgehead atoms. The van der Waals surface area contributed by atoms with E-state index in [1.165, 1.54) is 5.56 Å². The lowest BCUT2D eigenvalue weighted by atomic mass is 10.1. The molecule has 0 unspecified atom stereocenters. The summed E-state index contributed by atoms with van der Waals surface area (Å²) in [4.78, 5) is 14.1. The summed E-state index contributed by atoms with van der Waals surface area (Å²) in [5.74, 6) is 0. The van der Waals surface area contributed by atoms with Gasteiger partial charge < -0.3 is 15.0 Å². The summed E-state index contributed by atoms with van der Waals surface area (Å²) < 4.78 is 5.49. The number of hydrogen-bond donors (Lipinski definition) is 1. The second kappa shape index (κ2) is 6.37. The van der Waals surface area contributed by atoms with Gasteiger partial charge in [0.1, 0.15) is 5.60 Å². The fourth-order valence-corrected chi connectivity index (χ4v) is 2.61. The summed E-state index contributed by atoms with van der Waals surface area (Å²) in [7, 11) is 0. The van der Waals surface area contributed by atoms with Crippen LogP contribution in [0.5, 0.6) is 0 Å². The molecule has 1 aromatic carbocycles. The van der Waals surface area contributed by atoms with Crippen LogP contribution in [0.1, 0.15) is 39.2 Å². The van der Waals surface area contributed by atoms with Crippen LogP contribution >= 0.6 is 0 Å². The summed E-state index contributed by atoms with van der Waals surface area (Å²) in [6.45, 7) is 9.35. The number of aryl methyl sites for hydroxylation is 1. The van der Waals surface area contributed by atoms with Crippen LogP contribution in [-0.4, -0.2) is 35.7 Å². The van der Waals surface area contributed by atoms with Crippen LogP contribution in [0.4, 0.5) is 10.5 Å². The van der Waals surface area contributed by atoms with E-state index in [1.807, 2.05) is 37.8 Å². The number of para-hydroxylation sites is 1. The Morgan fingerprint density at radius 3 is 2.76 bits per heavy atom. The second-order valence-corrected chi connectivity index (χ2v) is 6.67. The number of carbonyl (C=O) groups is 1.